The molecule has 0 bridgehead atoms. The van der Waals surface area contributed by atoms with Crippen molar-refractivity contribution in [2.45, 2.75) is 124 Å². The molecule has 0 spiro atoms. The predicted octanol–water partition coefficient (Wildman–Crippen LogP) is 7.03. The lowest BCUT2D eigenvalue weighted by Crippen LogP contribution is -2.52. The molecule has 4 rings (SSSR count). The normalized spacial score (nSPS) is 44.6. The summed E-state index contributed by atoms with van der Waals surface area (Å²) in [6, 6.07) is 2.28. The van der Waals surface area contributed by atoms with E-state index in [1.165, 1.54) is 32.1 Å². The van der Waals surface area contributed by atoms with Crippen LogP contribution in [0.4, 0.5) is 0 Å². The lowest BCUT2D eigenvalue weighted by atomic mass is 9.46. The van der Waals surface area contributed by atoms with Crippen molar-refractivity contribution in [1.29, 1.82) is 5.26 Å². The number of allylic oxidation sites excluding steroid dienone is 1. The van der Waals surface area contributed by atoms with Gasteiger partial charge in [-0.05, 0) is 125 Å². The second-order valence-electron chi connectivity index (χ2n) is 13.6. The van der Waals surface area contributed by atoms with Crippen LogP contribution < -0.4 is 0 Å². The Kier molecular flexibility index (Phi) is 6.63. The van der Waals surface area contributed by atoms with Crippen LogP contribution in [0.3, 0.4) is 0 Å². The third kappa shape index (κ3) is 4.12. The second-order valence-corrected chi connectivity index (χ2v) is 13.6. The monoisotopic (exact) mass is 455 g/mol. The van der Waals surface area contributed by atoms with Crippen molar-refractivity contribution in [3.8, 4) is 6.07 Å². The van der Waals surface area contributed by atoms with Crippen LogP contribution >= 0.6 is 0 Å². The van der Waals surface area contributed by atoms with Crippen LogP contribution in [0.5, 0.6) is 0 Å². The van der Waals surface area contributed by atoms with Gasteiger partial charge in [0, 0.05) is 0 Å². The molecule has 9 atom stereocenters. The first-order valence-corrected chi connectivity index (χ1v) is 13.9. The number of rotatable bonds is 6. The molecule has 33 heavy (non-hydrogen) atoms. The molecular formula is C30H49NO2. The van der Waals surface area contributed by atoms with Gasteiger partial charge < -0.3 is 10.2 Å². The van der Waals surface area contributed by atoms with E-state index >= 15 is 0 Å². The third-order valence-electron chi connectivity index (χ3n) is 11.7. The SMILES string of the molecule is CC[C@]1(O)CC[C@@]2(C)C(=CC[C@H]3[C@@H]4CC[C@H]([C@H](C)CC[C@H](O)C(C)(C)C#N)[C@@]4(C)CC[C@@H]32)C1. The highest BCUT2D eigenvalue weighted by atomic mass is 16.3. The molecule has 4 aliphatic rings. The number of hydrogen-bond donors (Lipinski definition) is 2. The first-order chi connectivity index (χ1) is 15.4. The predicted molar refractivity (Wildman–Crippen MR) is 134 cm³/mol. The summed E-state index contributed by atoms with van der Waals surface area (Å²) in [6.07, 6.45) is 14.2. The van der Waals surface area contributed by atoms with Gasteiger partial charge in [-0.25, -0.2) is 0 Å². The number of aliphatic hydroxyl groups is 2. The Morgan fingerprint density at radius 1 is 1.12 bits per heavy atom. The molecule has 3 saturated carbocycles. The molecule has 0 aromatic heterocycles. The van der Waals surface area contributed by atoms with E-state index in [1.54, 1.807) is 5.57 Å². The lowest BCUT2D eigenvalue weighted by molar-refractivity contribution is -0.0759. The number of fused-ring (bicyclic) bond motifs is 5. The van der Waals surface area contributed by atoms with Crippen LogP contribution in [0.15, 0.2) is 11.6 Å². The third-order valence-corrected chi connectivity index (χ3v) is 11.7. The van der Waals surface area contributed by atoms with Gasteiger partial charge in [-0.1, -0.05) is 39.3 Å². The van der Waals surface area contributed by atoms with Crippen LogP contribution in [0.2, 0.25) is 0 Å². The minimum Gasteiger partial charge on any atom is -0.391 e. The summed E-state index contributed by atoms with van der Waals surface area (Å²) in [5, 5.41) is 30.9. The van der Waals surface area contributed by atoms with E-state index < -0.39 is 17.1 Å². The Morgan fingerprint density at radius 2 is 1.85 bits per heavy atom. The highest BCUT2D eigenvalue weighted by molar-refractivity contribution is 5.27. The topological polar surface area (TPSA) is 64.2 Å². The zero-order valence-corrected chi connectivity index (χ0v) is 22.2. The van der Waals surface area contributed by atoms with Crippen molar-refractivity contribution in [2.24, 2.45) is 45.8 Å². The van der Waals surface area contributed by atoms with E-state index in [-0.39, 0.29) is 0 Å². The van der Waals surface area contributed by atoms with E-state index in [0.717, 1.165) is 62.2 Å². The Morgan fingerprint density at radius 3 is 2.52 bits per heavy atom. The zero-order chi connectivity index (χ0) is 24.2. The fraction of sp³-hybridized carbons (Fsp3) is 0.900. The second kappa shape index (κ2) is 8.67. The standard InChI is InChI=1S/C30H49NO2/c1-7-30(33)17-16-28(5)21(18-30)9-10-22-24-12-11-23(29(24,6)15-14-25(22)28)20(2)8-13-26(32)27(3,4)19-31/h9,20,22-26,32-33H,7-8,10-18H2,1-6H3/t20-,22+,23-,24+,25+,26+,28+,29-,30+/m1/s1. The Bertz CT molecular complexity index is 811. The minimum absolute atomic E-state index is 0.294. The molecule has 0 unspecified atom stereocenters. The van der Waals surface area contributed by atoms with E-state index in [2.05, 4.69) is 39.8 Å². The average Bonchev–Trinajstić information content (AvgIpc) is 3.15. The first kappa shape index (κ1) is 25.2. The molecule has 0 saturated heterocycles. The molecule has 3 heteroatoms. The van der Waals surface area contributed by atoms with Crippen LogP contribution in [0, 0.1) is 57.2 Å². The van der Waals surface area contributed by atoms with Gasteiger partial charge in [-0.2, -0.15) is 5.26 Å². The van der Waals surface area contributed by atoms with Crippen LogP contribution in [-0.4, -0.2) is 21.9 Å². The molecular weight excluding hydrogens is 406 g/mol. The largest absolute Gasteiger partial charge is 0.391 e. The summed E-state index contributed by atoms with van der Waals surface area (Å²) in [6.45, 7) is 13.4. The van der Waals surface area contributed by atoms with E-state index in [4.69, 9.17) is 0 Å². The molecule has 4 aliphatic carbocycles. The maximum absolute atomic E-state index is 11.0. The molecule has 0 amide bonds. The molecule has 3 fully saturated rings. The summed E-state index contributed by atoms with van der Waals surface area (Å²) >= 11 is 0. The van der Waals surface area contributed by atoms with Gasteiger partial charge >= 0.3 is 0 Å². The zero-order valence-electron chi connectivity index (χ0n) is 22.2. The maximum Gasteiger partial charge on any atom is 0.0776 e. The number of hydrogen-bond acceptors (Lipinski definition) is 3. The number of nitriles is 1. The molecule has 2 N–H and O–H groups in total. The van der Waals surface area contributed by atoms with Gasteiger partial charge in [0.2, 0.25) is 0 Å². The quantitative estimate of drug-likeness (QED) is 0.422. The van der Waals surface area contributed by atoms with E-state index in [1.807, 2.05) is 13.8 Å². The smallest absolute Gasteiger partial charge is 0.0776 e. The van der Waals surface area contributed by atoms with Crippen molar-refractivity contribution >= 4 is 0 Å². The molecule has 186 valence electrons. The van der Waals surface area contributed by atoms with Crippen molar-refractivity contribution in [2.75, 3.05) is 0 Å². The van der Waals surface area contributed by atoms with Crippen LogP contribution in [0.1, 0.15) is 112 Å². The summed E-state index contributed by atoms with van der Waals surface area (Å²) in [5.74, 6) is 3.72. The van der Waals surface area contributed by atoms with Crippen molar-refractivity contribution in [3.63, 3.8) is 0 Å². The number of aliphatic hydroxyl groups excluding tert-OH is 1. The summed E-state index contributed by atoms with van der Waals surface area (Å²) in [7, 11) is 0. The minimum atomic E-state index is -0.661. The summed E-state index contributed by atoms with van der Waals surface area (Å²) in [5.41, 5.74) is 1.14. The molecule has 0 aliphatic heterocycles. The average molecular weight is 456 g/mol. The Balaban J connectivity index is 1.47. The maximum atomic E-state index is 11.0. The van der Waals surface area contributed by atoms with Crippen LogP contribution in [0.25, 0.3) is 0 Å². The van der Waals surface area contributed by atoms with Crippen molar-refractivity contribution in [3.05, 3.63) is 11.6 Å². The fourth-order valence-corrected chi connectivity index (χ4v) is 9.05. The van der Waals surface area contributed by atoms with Crippen molar-refractivity contribution < 1.29 is 10.2 Å². The van der Waals surface area contributed by atoms with Gasteiger partial charge in [0.25, 0.3) is 0 Å². The van der Waals surface area contributed by atoms with E-state index in [0.29, 0.717) is 16.7 Å². The highest BCUT2D eigenvalue weighted by Gasteiger charge is 2.59. The molecule has 0 heterocycles. The van der Waals surface area contributed by atoms with Crippen molar-refractivity contribution in [1.82, 2.24) is 0 Å². The lowest BCUT2D eigenvalue weighted by Gasteiger charge is -2.59. The highest BCUT2D eigenvalue weighted by Crippen LogP contribution is 2.67. The Labute approximate surface area is 203 Å². The van der Waals surface area contributed by atoms with Gasteiger partial charge in [-0.15, -0.1) is 0 Å². The summed E-state index contributed by atoms with van der Waals surface area (Å²) < 4.78 is 0. The molecule has 3 nitrogen and oxygen atoms in total. The number of nitrogens with zero attached hydrogens (tertiary/aromatic N) is 1. The van der Waals surface area contributed by atoms with Gasteiger partial charge in [-0.3, -0.25) is 0 Å². The molecule has 0 aromatic carbocycles. The van der Waals surface area contributed by atoms with E-state index in [9.17, 15) is 15.5 Å². The first-order valence-electron chi connectivity index (χ1n) is 13.9. The molecule has 0 aromatic rings. The fourth-order valence-electron chi connectivity index (χ4n) is 9.05. The van der Waals surface area contributed by atoms with Gasteiger partial charge in [0.05, 0.1) is 23.2 Å². The van der Waals surface area contributed by atoms with Gasteiger partial charge in [0.15, 0.2) is 0 Å². The molecule has 0 radical (unpaired) electrons. The summed E-state index contributed by atoms with van der Waals surface area (Å²) in [4.78, 5) is 0. The van der Waals surface area contributed by atoms with Crippen LogP contribution in [-0.2, 0) is 0 Å². The van der Waals surface area contributed by atoms with Gasteiger partial charge in [0.1, 0.15) is 0 Å². The Hall–Kier alpha value is -0.850.